The van der Waals surface area contributed by atoms with Crippen molar-refractivity contribution in [3.63, 3.8) is 0 Å². The van der Waals surface area contributed by atoms with Crippen LogP contribution >= 0.6 is 0 Å². The third kappa shape index (κ3) is 2.73. The fraction of sp³-hybridized carbons (Fsp3) is 0.529. The van der Waals surface area contributed by atoms with Gasteiger partial charge in [0.2, 0.25) is 12.7 Å². The van der Waals surface area contributed by atoms with Gasteiger partial charge >= 0.3 is 0 Å². The fourth-order valence-electron chi connectivity index (χ4n) is 3.41. The summed E-state index contributed by atoms with van der Waals surface area (Å²) in [5, 5.41) is 3.10. The van der Waals surface area contributed by atoms with Crippen LogP contribution in [0.4, 0.5) is 0 Å². The van der Waals surface area contributed by atoms with Crippen LogP contribution in [0, 0.1) is 5.92 Å². The molecule has 122 valence electrons. The van der Waals surface area contributed by atoms with Crippen molar-refractivity contribution in [1.29, 1.82) is 0 Å². The maximum atomic E-state index is 12.4. The molecule has 4 rings (SSSR count). The molecule has 0 unspecified atom stereocenters. The Morgan fingerprint density at radius 1 is 1.09 bits per heavy atom. The van der Waals surface area contributed by atoms with Crippen LogP contribution in [0.25, 0.3) is 0 Å². The van der Waals surface area contributed by atoms with Gasteiger partial charge in [-0.3, -0.25) is 9.59 Å². The van der Waals surface area contributed by atoms with Crippen LogP contribution in [0.3, 0.4) is 0 Å². The first kappa shape index (κ1) is 14.4. The van der Waals surface area contributed by atoms with E-state index in [-0.39, 0.29) is 24.5 Å². The lowest BCUT2D eigenvalue weighted by atomic mass is 9.97. The predicted molar refractivity (Wildman–Crippen MR) is 82.4 cm³/mol. The van der Waals surface area contributed by atoms with Crippen molar-refractivity contribution in [3.8, 4) is 11.5 Å². The topological polar surface area (TPSA) is 67.9 Å². The minimum absolute atomic E-state index is 0.0618. The molecule has 2 amide bonds. The lowest BCUT2D eigenvalue weighted by Crippen LogP contribution is -2.56. The molecule has 0 bridgehead atoms. The molecule has 1 saturated carbocycles. The van der Waals surface area contributed by atoms with Crippen LogP contribution in [-0.4, -0.2) is 42.6 Å². The lowest BCUT2D eigenvalue weighted by molar-refractivity contribution is -0.129. The first-order chi connectivity index (χ1) is 11.2. The van der Waals surface area contributed by atoms with Crippen LogP contribution in [0.1, 0.15) is 36.0 Å². The van der Waals surface area contributed by atoms with E-state index < -0.39 is 0 Å². The summed E-state index contributed by atoms with van der Waals surface area (Å²) in [6.07, 6.45) is 4.56. The van der Waals surface area contributed by atoms with Crippen LogP contribution < -0.4 is 14.8 Å². The molecule has 1 aliphatic carbocycles. The standard InChI is InChI=1S/C17H20N2O4/c20-16(18-13-3-1-2-4-13)12-8-19(9-12)17(21)11-5-6-14-15(7-11)23-10-22-14/h5-7,12-13H,1-4,8-10H2,(H,18,20). The monoisotopic (exact) mass is 316 g/mol. The number of benzene rings is 1. The highest BCUT2D eigenvalue weighted by atomic mass is 16.7. The second kappa shape index (κ2) is 5.76. The molecule has 0 aromatic heterocycles. The zero-order valence-corrected chi connectivity index (χ0v) is 12.9. The molecular formula is C17H20N2O4. The third-order valence-corrected chi connectivity index (χ3v) is 4.86. The summed E-state index contributed by atoms with van der Waals surface area (Å²) in [6, 6.07) is 5.53. The molecule has 2 fully saturated rings. The molecule has 1 aromatic rings. The van der Waals surface area contributed by atoms with Gasteiger partial charge in [-0.15, -0.1) is 0 Å². The summed E-state index contributed by atoms with van der Waals surface area (Å²) in [6.45, 7) is 1.18. The number of fused-ring (bicyclic) bond motifs is 1. The molecule has 0 spiro atoms. The summed E-state index contributed by atoms with van der Waals surface area (Å²) in [7, 11) is 0. The molecular weight excluding hydrogens is 296 g/mol. The minimum Gasteiger partial charge on any atom is -0.454 e. The van der Waals surface area contributed by atoms with Crippen molar-refractivity contribution < 1.29 is 19.1 Å². The number of carbonyl (C=O) groups excluding carboxylic acids is 2. The van der Waals surface area contributed by atoms with Gasteiger partial charge in [-0.05, 0) is 31.0 Å². The third-order valence-electron chi connectivity index (χ3n) is 4.86. The number of nitrogens with one attached hydrogen (secondary N) is 1. The Balaban J connectivity index is 1.32. The van der Waals surface area contributed by atoms with E-state index in [1.54, 1.807) is 23.1 Å². The number of amides is 2. The summed E-state index contributed by atoms with van der Waals surface area (Å²) >= 11 is 0. The van der Waals surface area contributed by atoms with E-state index in [9.17, 15) is 9.59 Å². The molecule has 1 aromatic carbocycles. The summed E-state index contributed by atoms with van der Waals surface area (Å²) < 4.78 is 10.5. The van der Waals surface area contributed by atoms with Crippen LogP contribution in [0.2, 0.25) is 0 Å². The summed E-state index contributed by atoms with van der Waals surface area (Å²) in [5.74, 6) is 1.22. The van der Waals surface area contributed by atoms with Crippen LogP contribution in [0.15, 0.2) is 18.2 Å². The minimum atomic E-state index is -0.0754. The molecule has 1 saturated heterocycles. The normalized spacial score (nSPS) is 20.4. The number of likely N-dealkylation sites (tertiary alicyclic amines) is 1. The quantitative estimate of drug-likeness (QED) is 0.918. The van der Waals surface area contributed by atoms with E-state index in [1.807, 2.05) is 0 Å². The van der Waals surface area contributed by atoms with Crippen molar-refractivity contribution >= 4 is 11.8 Å². The zero-order valence-electron chi connectivity index (χ0n) is 12.9. The van der Waals surface area contributed by atoms with Crippen LogP contribution in [-0.2, 0) is 4.79 Å². The Hall–Kier alpha value is -2.24. The Morgan fingerprint density at radius 3 is 2.61 bits per heavy atom. The van der Waals surface area contributed by atoms with Gasteiger partial charge in [0.05, 0.1) is 5.92 Å². The maximum absolute atomic E-state index is 12.4. The summed E-state index contributed by atoms with van der Waals surface area (Å²) in [4.78, 5) is 26.3. The summed E-state index contributed by atoms with van der Waals surface area (Å²) in [5.41, 5.74) is 0.573. The van der Waals surface area contributed by atoms with Gasteiger partial charge in [-0.1, -0.05) is 12.8 Å². The Bertz CT molecular complexity index is 633. The van der Waals surface area contributed by atoms with Gasteiger partial charge in [0, 0.05) is 24.7 Å². The molecule has 2 aliphatic heterocycles. The SMILES string of the molecule is O=C(NC1CCCC1)C1CN(C(=O)c2ccc3c(c2)OCO3)C1. The predicted octanol–water partition coefficient (Wildman–Crippen LogP) is 1.55. The fourth-order valence-corrected chi connectivity index (χ4v) is 3.41. The van der Waals surface area contributed by atoms with E-state index in [4.69, 9.17) is 9.47 Å². The molecule has 6 heteroatoms. The highest BCUT2D eigenvalue weighted by molar-refractivity contribution is 5.96. The van der Waals surface area contributed by atoms with Gasteiger partial charge in [0.1, 0.15) is 0 Å². The van der Waals surface area contributed by atoms with E-state index in [0.717, 1.165) is 12.8 Å². The van der Waals surface area contributed by atoms with Gasteiger partial charge in [0.15, 0.2) is 11.5 Å². The molecule has 2 heterocycles. The highest BCUT2D eigenvalue weighted by Crippen LogP contribution is 2.33. The molecule has 1 N–H and O–H groups in total. The van der Waals surface area contributed by atoms with E-state index >= 15 is 0 Å². The second-order valence-corrected chi connectivity index (χ2v) is 6.47. The highest BCUT2D eigenvalue weighted by Gasteiger charge is 2.37. The van der Waals surface area contributed by atoms with Crippen molar-refractivity contribution in [2.24, 2.45) is 5.92 Å². The van der Waals surface area contributed by atoms with E-state index in [2.05, 4.69) is 5.32 Å². The van der Waals surface area contributed by atoms with Crippen molar-refractivity contribution in [2.45, 2.75) is 31.7 Å². The van der Waals surface area contributed by atoms with Crippen molar-refractivity contribution in [1.82, 2.24) is 10.2 Å². The smallest absolute Gasteiger partial charge is 0.254 e. The Morgan fingerprint density at radius 2 is 1.83 bits per heavy atom. The number of hydrogen-bond donors (Lipinski definition) is 1. The molecule has 0 atom stereocenters. The van der Waals surface area contributed by atoms with Crippen molar-refractivity contribution in [3.05, 3.63) is 23.8 Å². The molecule has 6 nitrogen and oxygen atoms in total. The van der Waals surface area contributed by atoms with Crippen molar-refractivity contribution in [2.75, 3.05) is 19.9 Å². The molecule has 3 aliphatic rings. The number of ether oxygens (including phenoxy) is 2. The van der Waals surface area contributed by atoms with Gasteiger partial charge in [-0.2, -0.15) is 0 Å². The van der Waals surface area contributed by atoms with Crippen LogP contribution in [0.5, 0.6) is 11.5 Å². The largest absolute Gasteiger partial charge is 0.454 e. The van der Waals surface area contributed by atoms with Gasteiger partial charge in [-0.25, -0.2) is 0 Å². The Kier molecular flexibility index (Phi) is 3.59. The van der Waals surface area contributed by atoms with E-state index in [1.165, 1.54) is 12.8 Å². The zero-order chi connectivity index (χ0) is 15.8. The number of nitrogens with zero attached hydrogens (tertiary/aromatic N) is 1. The average Bonchev–Trinajstić information content (AvgIpc) is 3.15. The first-order valence-electron chi connectivity index (χ1n) is 8.20. The van der Waals surface area contributed by atoms with Gasteiger partial charge in [0.25, 0.3) is 5.91 Å². The number of hydrogen-bond acceptors (Lipinski definition) is 4. The van der Waals surface area contributed by atoms with E-state index in [0.29, 0.717) is 36.2 Å². The Labute approximate surface area is 134 Å². The lowest BCUT2D eigenvalue weighted by Gasteiger charge is -2.38. The number of carbonyl (C=O) groups is 2. The number of rotatable bonds is 3. The van der Waals surface area contributed by atoms with Gasteiger partial charge < -0.3 is 19.7 Å². The average molecular weight is 316 g/mol. The molecule has 23 heavy (non-hydrogen) atoms. The molecule has 0 radical (unpaired) electrons. The maximum Gasteiger partial charge on any atom is 0.254 e. The first-order valence-corrected chi connectivity index (χ1v) is 8.20. The second-order valence-electron chi connectivity index (χ2n) is 6.47.